The van der Waals surface area contributed by atoms with E-state index in [1.54, 1.807) is 6.07 Å². The van der Waals surface area contributed by atoms with Crippen molar-refractivity contribution in [1.29, 1.82) is 0 Å². The third-order valence-electron chi connectivity index (χ3n) is 1.64. The van der Waals surface area contributed by atoms with Gasteiger partial charge in [0.15, 0.2) is 0 Å². The van der Waals surface area contributed by atoms with Crippen LogP contribution in [0.1, 0.15) is 25.3 Å². The Kier molecular flexibility index (Phi) is 2.47. The van der Waals surface area contributed by atoms with Crippen LogP contribution in [0, 0.1) is 0 Å². The minimum atomic E-state index is -0.147. The Morgan fingerprint density at radius 2 is 2.25 bits per heavy atom. The zero-order valence-electron chi connectivity index (χ0n) is 7.42. The molecule has 0 amide bonds. The number of hydrogen-bond donors (Lipinski definition) is 1. The fraction of sp³-hybridized carbons (Fsp3) is 0.500. The molecule has 1 aromatic rings. The van der Waals surface area contributed by atoms with Gasteiger partial charge in [0, 0.05) is 11.6 Å². The van der Waals surface area contributed by atoms with E-state index in [0.29, 0.717) is 11.4 Å². The quantitative estimate of drug-likeness (QED) is 0.713. The SMILES string of the molecule is COc1cc(C(C)C)c(=O)[nH]n1. The van der Waals surface area contributed by atoms with E-state index in [1.807, 2.05) is 13.8 Å². The van der Waals surface area contributed by atoms with Gasteiger partial charge < -0.3 is 4.74 Å². The number of H-pyrrole nitrogens is 1. The van der Waals surface area contributed by atoms with Crippen LogP contribution in [-0.2, 0) is 0 Å². The lowest BCUT2D eigenvalue weighted by Gasteiger charge is -2.04. The second-order valence-electron chi connectivity index (χ2n) is 2.85. The van der Waals surface area contributed by atoms with Gasteiger partial charge in [0.05, 0.1) is 7.11 Å². The number of aromatic amines is 1. The molecule has 0 aliphatic carbocycles. The first-order chi connectivity index (χ1) is 5.65. The lowest BCUT2D eigenvalue weighted by Crippen LogP contribution is -2.15. The molecule has 0 aliphatic heterocycles. The minimum Gasteiger partial charge on any atom is -0.480 e. The number of aromatic nitrogens is 2. The van der Waals surface area contributed by atoms with E-state index >= 15 is 0 Å². The van der Waals surface area contributed by atoms with Gasteiger partial charge in [0.25, 0.3) is 5.56 Å². The van der Waals surface area contributed by atoms with E-state index in [4.69, 9.17) is 4.74 Å². The van der Waals surface area contributed by atoms with E-state index < -0.39 is 0 Å². The molecule has 12 heavy (non-hydrogen) atoms. The van der Waals surface area contributed by atoms with Gasteiger partial charge in [0.2, 0.25) is 5.88 Å². The number of rotatable bonds is 2. The Morgan fingerprint density at radius 3 is 2.75 bits per heavy atom. The molecule has 0 radical (unpaired) electrons. The molecule has 1 heterocycles. The van der Waals surface area contributed by atoms with Gasteiger partial charge in [0.1, 0.15) is 0 Å². The molecule has 4 nitrogen and oxygen atoms in total. The van der Waals surface area contributed by atoms with Crippen molar-refractivity contribution in [3.05, 3.63) is 22.0 Å². The summed E-state index contributed by atoms with van der Waals surface area (Å²) in [4.78, 5) is 11.2. The van der Waals surface area contributed by atoms with E-state index in [-0.39, 0.29) is 11.5 Å². The number of nitrogens with zero attached hydrogens (tertiary/aromatic N) is 1. The maximum absolute atomic E-state index is 11.2. The maximum atomic E-state index is 11.2. The summed E-state index contributed by atoms with van der Waals surface area (Å²) in [5.41, 5.74) is 0.549. The second-order valence-corrected chi connectivity index (χ2v) is 2.85. The summed E-state index contributed by atoms with van der Waals surface area (Å²) in [6.07, 6.45) is 0. The van der Waals surface area contributed by atoms with Crippen LogP contribution in [0.3, 0.4) is 0 Å². The van der Waals surface area contributed by atoms with Crippen LogP contribution in [0.2, 0.25) is 0 Å². The Bertz CT molecular complexity index is 317. The fourth-order valence-electron chi connectivity index (χ4n) is 0.935. The highest BCUT2D eigenvalue weighted by molar-refractivity contribution is 5.19. The number of nitrogens with one attached hydrogen (secondary N) is 1. The minimum absolute atomic E-state index is 0.147. The molecular weight excluding hydrogens is 156 g/mol. The molecule has 66 valence electrons. The first-order valence-electron chi connectivity index (χ1n) is 3.78. The van der Waals surface area contributed by atoms with E-state index in [0.717, 1.165) is 0 Å². The third kappa shape index (κ3) is 1.64. The Balaban J connectivity index is 3.17. The highest BCUT2D eigenvalue weighted by Crippen LogP contribution is 2.12. The number of ether oxygens (including phenoxy) is 1. The lowest BCUT2D eigenvalue weighted by atomic mass is 10.1. The first-order valence-corrected chi connectivity index (χ1v) is 3.78. The standard InChI is InChI=1S/C8H12N2O2/c1-5(2)6-4-7(12-3)9-10-8(6)11/h4-5H,1-3H3,(H,10,11). The van der Waals surface area contributed by atoms with Crippen LogP contribution in [0.15, 0.2) is 10.9 Å². The van der Waals surface area contributed by atoms with Crippen molar-refractivity contribution < 1.29 is 4.74 Å². The van der Waals surface area contributed by atoms with Gasteiger partial charge in [-0.15, -0.1) is 5.10 Å². The van der Waals surface area contributed by atoms with Crippen LogP contribution in [0.4, 0.5) is 0 Å². The second kappa shape index (κ2) is 3.38. The predicted molar refractivity (Wildman–Crippen MR) is 45.5 cm³/mol. The number of methoxy groups -OCH3 is 1. The molecule has 0 aromatic carbocycles. The number of hydrogen-bond acceptors (Lipinski definition) is 3. The molecular formula is C8H12N2O2. The average molecular weight is 168 g/mol. The van der Waals surface area contributed by atoms with Crippen LogP contribution in [0.5, 0.6) is 5.88 Å². The smallest absolute Gasteiger partial charge is 0.267 e. The molecule has 0 bridgehead atoms. The van der Waals surface area contributed by atoms with Crippen LogP contribution >= 0.6 is 0 Å². The van der Waals surface area contributed by atoms with Gasteiger partial charge >= 0.3 is 0 Å². The van der Waals surface area contributed by atoms with Gasteiger partial charge in [-0.1, -0.05) is 13.8 Å². The van der Waals surface area contributed by atoms with Gasteiger partial charge in [-0.25, -0.2) is 5.10 Å². The van der Waals surface area contributed by atoms with E-state index in [2.05, 4.69) is 10.2 Å². The zero-order valence-corrected chi connectivity index (χ0v) is 7.42. The van der Waals surface area contributed by atoms with Gasteiger partial charge in [-0.2, -0.15) is 0 Å². The molecule has 0 spiro atoms. The molecule has 1 aromatic heterocycles. The molecule has 0 fully saturated rings. The van der Waals surface area contributed by atoms with Crippen molar-refractivity contribution in [3.8, 4) is 5.88 Å². The van der Waals surface area contributed by atoms with Crippen molar-refractivity contribution in [3.63, 3.8) is 0 Å². The summed E-state index contributed by atoms with van der Waals surface area (Å²) in [6.45, 7) is 3.90. The molecule has 0 atom stereocenters. The molecule has 0 unspecified atom stereocenters. The third-order valence-corrected chi connectivity index (χ3v) is 1.64. The monoisotopic (exact) mass is 168 g/mol. The Hall–Kier alpha value is -1.32. The molecule has 0 saturated carbocycles. The summed E-state index contributed by atoms with van der Waals surface area (Å²) in [5, 5.41) is 6.05. The highest BCUT2D eigenvalue weighted by atomic mass is 16.5. The molecule has 4 heteroatoms. The van der Waals surface area contributed by atoms with Gasteiger partial charge in [-0.3, -0.25) is 4.79 Å². The van der Waals surface area contributed by atoms with E-state index in [9.17, 15) is 4.79 Å². The lowest BCUT2D eigenvalue weighted by molar-refractivity contribution is 0.390. The van der Waals surface area contributed by atoms with Gasteiger partial charge in [-0.05, 0) is 5.92 Å². The summed E-state index contributed by atoms with van der Waals surface area (Å²) in [7, 11) is 1.52. The van der Waals surface area contributed by atoms with Crippen molar-refractivity contribution in [2.24, 2.45) is 0 Å². The average Bonchev–Trinajstić information content (AvgIpc) is 2.05. The first kappa shape index (κ1) is 8.77. The van der Waals surface area contributed by atoms with Crippen LogP contribution in [0.25, 0.3) is 0 Å². The molecule has 1 N–H and O–H groups in total. The van der Waals surface area contributed by atoms with Crippen molar-refractivity contribution in [2.45, 2.75) is 19.8 Å². The van der Waals surface area contributed by atoms with Crippen LogP contribution < -0.4 is 10.3 Å². The summed E-state index contributed by atoms with van der Waals surface area (Å²) in [6, 6.07) is 1.66. The molecule has 1 rings (SSSR count). The summed E-state index contributed by atoms with van der Waals surface area (Å²) >= 11 is 0. The highest BCUT2D eigenvalue weighted by Gasteiger charge is 2.06. The van der Waals surface area contributed by atoms with E-state index in [1.165, 1.54) is 7.11 Å². The van der Waals surface area contributed by atoms with Crippen molar-refractivity contribution in [1.82, 2.24) is 10.2 Å². The fourth-order valence-corrected chi connectivity index (χ4v) is 0.935. The predicted octanol–water partition coefficient (Wildman–Crippen LogP) is 0.902. The maximum Gasteiger partial charge on any atom is 0.267 e. The van der Waals surface area contributed by atoms with Crippen molar-refractivity contribution >= 4 is 0 Å². The normalized spacial score (nSPS) is 10.3. The Labute approximate surface area is 70.6 Å². The summed E-state index contributed by atoms with van der Waals surface area (Å²) < 4.78 is 4.88. The Morgan fingerprint density at radius 1 is 1.58 bits per heavy atom. The van der Waals surface area contributed by atoms with Crippen LogP contribution in [-0.4, -0.2) is 17.3 Å². The largest absolute Gasteiger partial charge is 0.480 e. The molecule has 0 saturated heterocycles. The topological polar surface area (TPSA) is 55.0 Å². The molecule has 0 aliphatic rings. The zero-order chi connectivity index (χ0) is 9.14. The van der Waals surface area contributed by atoms with Crippen molar-refractivity contribution in [2.75, 3.05) is 7.11 Å². The summed E-state index contributed by atoms with van der Waals surface area (Å²) in [5.74, 6) is 0.629.